The van der Waals surface area contributed by atoms with Crippen molar-refractivity contribution >= 4 is 34.5 Å². The summed E-state index contributed by atoms with van der Waals surface area (Å²) in [6, 6.07) is 17.4. The first-order chi connectivity index (χ1) is 15.1. The Labute approximate surface area is 184 Å². The summed E-state index contributed by atoms with van der Waals surface area (Å²) < 4.78 is 10.5. The standard InChI is InChI=1S/C23H21ClN4O3/c1-3-30-23(29)21-26-20(25-13-14(2)15-7-5-4-6-8-15)18-19(28-31-22(18)27-21)16-9-11-17(24)12-10-16/h4-12,14H,3,13H2,1-2H3,(H,25,26,27)/t14-/m0/s1. The fourth-order valence-electron chi connectivity index (χ4n) is 3.22. The van der Waals surface area contributed by atoms with E-state index in [0.717, 1.165) is 5.56 Å². The van der Waals surface area contributed by atoms with Crippen molar-refractivity contribution in [2.45, 2.75) is 19.8 Å². The minimum atomic E-state index is -0.618. The summed E-state index contributed by atoms with van der Waals surface area (Å²) in [7, 11) is 0. The van der Waals surface area contributed by atoms with Gasteiger partial charge in [-0.1, -0.05) is 66.1 Å². The summed E-state index contributed by atoms with van der Waals surface area (Å²) in [5, 5.41) is 8.73. The minimum Gasteiger partial charge on any atom is -0.460 e. The molecular formula is C23H21ClN4O3. The quantitative estimate of drug-likeness (QED) is 0.391. The van der Waals surface area contributed by atoms with E-state index in [0.29, 0.717) is 28.5 Å². The first kappa shape index (κ1) is 20.8. The molecule has 158 valence electrons. The predicted octanol–water partition coefficient (Wildman–Crippen LogP) is 5.33. The highest BCUT2D eigenvalue weighted by atomic mass is 35.5. The van der Waals surface area contributed by atoms with Gasteiger partial charge in [-0.15, -0.1) is 0 Å². The molecule has 2 heterocycles. The van der Waals surface area contributed by atoms with Crippen LogP contribution in [0.1, 0.15) is 35.9 Å². The largest absolute Gasteiger partial charge is 0.460 e. The number of benzene rings is 2. The second-order valence-electron chi connectivity index (χ2n) is 7.03. The van der Waals surface area contributed by atoms with Gasteiger partial charge in [-0.25, -0.2) is 9.78 Å². The number of carbonyl (C=O) groups is 1. The number of anilines is 1. The fraction of sp³-hybridized carbons (Fsp3) is 0.217. The molecule has 4 aromatic rings. The molecule has 0 fully saturated rings. The van der Waals surface area contributed by atoms with Crippen LogP contribution in [0.15, 0.2) is 59.1 Å². The van der Waals surface area contributed by atoms with Crippen molar-refractivity contribution in [2.75, 3.05) is 18.5 Å². The lowest BCUT2D eigenvalue weighted by Gasteiger charge is -2.14. The van der Waals surface area contributed by atoms with Crippen molar-refractivity contribution in [3.05, 3.63) is 71.0 Å². The Hall–Kier alpha value is -3.45. The van der Waals surface area contributed by atoms with Crippen LogP contribution in [-0.4, -0.2) is 34.2 Å². The van der Waals surface area contributed by atoms with E-state index in [1.807, 2.05) is 30.3 Å². The van der Waals surface area contributed by atoms with Gasteiger partial charge in [0.2, 0.25) is 5.82 Å². The van der Waals surface area contributed by atoms with Crippen molar-refractivity contribution in [3.63, 3.8) is 0 Å². The molecule has 0 saturated heterocycles. The van der Waals surface area contributed by atoms with E-state index in [9.17, 15) is 4.79 Å². The molecule has 0 bridgehead atoms. The number of halogens is 1. The lowest BCUT2D eigenvalue weighted by atomic mass is 10.0. The van der Waals surface area contributed by atoms with E-state index in [4.69, 9.17) is 20.9 Å². The van der Waals surface area contributed by atoms with E-state index >= 15 is 0 Å². The molecule has 0 aliphatic rings. The molecule has 2 aromatic carbocycles. The van der Waals surface area contributed by atoms with Crippen molar-refractivity contribution in [2.24, 2.45) is 0 Å². The average Bonchev–Trinajstić information content (AvgIpc) is 3.22. The lowest BCUT2D eigenvalue weighted by molar-refractivity contribution is 0.0512. The van der Waals surface area contributed by atoms with Gasteiger partial charge in [0.05, 0.1) is 6.61 Å². The van der Waals surface area contributed by atoms with Crippen molar-refractivity contribution in [3.8, 4) is 11.3 Å². The van der Waals surface area contributed by atoms with Gasteiger partial charge in [-0.3, -0.25) is 0 Å². The molecule has 0 aliphatic carbocycles. The fourth-order valence-corrected chi connectivity index (χ4v) is 3.35. The highest BCUT2D eigenvalue weighted by Gasteiger charge is 2.22. The van der Waals surface area contributed by atoms with Gasteiger partial charge in [0, 0.05) is 17.1 Å². The number of aromatic nitrogens is 3. The van der Waals surface area contributed by atoms with E-state index in [-0.39, 0.29) is 24.1 Å². The zero-order valence-electron chi connectivity index (χ0n) is 17.1. The van der Waals surface area contributed by atoms with Gasteiger partial charge in [0.15, 0.2) is 0 Å². The van der Waals surface area contributed by atoms with Crippen LogP contribution in [0.5, 0.6) is 0 Å². The third-order valence-corrected chi connectivity index (χ3v) is 5.11. The van der Waals surface area contributed by atoms with Crippen LogP contribution in [0.3, 0.4) is 0 Å². The van der Waals surface area contributed by atoms with E-state index in [1.54, 1.807) is 19.1 Å². The lowest BCUT2D eigenvalue weighted by Crippen LogP contribution is -2.15. The third-order valence-electron chi connectivity index (χ3n) is 4.86. The van der Waals surface area contributed by atoms with Gasteiger partial charge in [-0.2, -0.15) is 4.98 Å². The van der Waals surface area contributed by atoms with Crippen LogP contribution in [0.4, 0.5) is 5.82 Å². The zero-order chi connectivity index (χ0) is 21.8. The number of fused-ring (bicyclic) bond motifs is 1. The van der Waals surface area contributed by atoms with Crippen LogP contribution in [-0.2, 0) is 4.74 Å². The normalized spacial score (nSPS) is 12.0. The molecule has 4 rings (SSSR count). The molecule has 0 aliphatic heterocycles. The minimum absolute atomic E-state index is 0.0805. The molecular weight excluding hydrogens is 416 g/mol. The van der Waals surface area contributed by atoms with Crippen LogP contribution < -0.4 is 5.32 Å². The average molecular weight is 437 g/mol. The number of nitrogens with zero attached hydrogens (tertiary/aromatic N) is 3. The topological polar surface area (TPSA) is 90.1 Å². The maximum absolute atomic E-state index is 12.3. The maximum Gasteiger partial charge on any atom is 0.376 e. The molecule has 1 atom stereocenters. The molecule has 0 amide bonds. The summed E-state index contributed by atoms with van der Waals surface area (Å²) >= 11 is 6.02. The first-order valence-electron chi connectivity index (χ1n) is 9.96. The summed E-state index contributed by atoms with van der Waals surface area (Å²) in [4.78, 5) is 20.9. The molecule has 31 heavy (non-hydrogen) atoms. The van der Waals surface area contributed by atoms with Gasteiger partial charge in [0.25, 0.3) is 5.71 Å². The molecule has 1 N–H and O–H groups in total. The van der Waals surface area contributed by atoms with Crippen LogP contribution in [0.25, 0.3) is 22.4 Å². The number of carbonyl (C=O) groups excluding carboxylic acids is 1. The first-order valence-corrected chi connectivity index (χ1v) is 10.3. The van der Waals surface area contributed by atoms with Crippen molar-refractivity contribution in [1.29, 1.82) is 0 Å². The molecule has 0 unspecified atom stereocenters. The number of hydrogen-bond donors (Lipinski definition) is 1. The van der Waals surface area contributed by atoms with Crippen LogP contribution in [0, 0.1) is 0 Å². The van der Waals surface area contributed by atoms with Gasteiger partial charge in [0.1, 0.15) is 16.9 Å². The summed E-state index contributed by atoms with van der Waals surface area (Å²) in [6.45, 7) is 4.65. The number of ether oxygens (including phenoxy) is 1. The molecule has 8 heteroatoms. The third kappa shape index (κ3) is 4.51. The Bertz CT molecular complexity index is 1190. The summed E-state index contributed by atoms with van der Waals surface area (Å²) in [5.41, 5.74) is 2.76. The van der Waals surface area contributed by atoms with E-state index in [2.05, 4.69) is 39.5 Å². The molecule has 0 radical (unpaired) electrons. The van der Waals surface area contributed by atoms with Crippen LogP contribution >= 0.6 is 11.6 Å². The molecule has 2 aromatic heterocycles. The van der Waals surface area contributed by atoms with Gasteiger partial charge >= 0.3 is 5.97 Å². The van der Waals surface area contributed by atoms with Crippen molar-refractivity contribution in [1.82, 2.24) is 15.1 Å². The number of rotatable bonds is 7. The van der Waals surface area contributed by atoms with Gasteiger partial charge in [-0.05, 0) is 30.5 Å². The monoisotopic (exact) mass is 436 g/mol. The number of nitrogens with one attached hydrogen (secondary N) is 1. The van der Waals surface area contributed by atoms with E-state index < -0.39 is 5.97 Å². The Morgan fingerprint density at radius 2 is 1.87 bits per heavy atom. The maximum atomic E-state index is 12.3. The molecule has 7 nitrogen and oxygen atoms in total. The number of hydrogen-bond acceptors (Lipinski definition) is 7. The Morgan fingerprint density at radius 1 is 1.13 bits per heavy atom. The smallest absolute Gasteiger partial charge is 0.376 e. The Balaban J connectivity index is 1.74. The predicted molar refractivity (Wildman–Crippen MR) is 119 cm³/mol. The second kappa shape index (κ2) is 9.14. The zero-order valence-corrected chi connectivity index (χ0v) is 17.9. The second-order valence-corrected chi connectivity index (χ2v) is 7.46. The summed E-state index contributed by atoms with van der Waals surface area (Å²) in [5.74, 6) is -0.0332. The molecule has 0 saturated carbocycles. The highest BCUT2D eigenvalue weighted by molar-refractivity contribution is 6.30. The van der Waals surface area contributed by atoms with Crippen molar-refractivity contribution < 1.29 is 14.1 Å². The molecule has 0 spiro atoms. The van der Waals surface area contributed by atoms with E-state index in [1.165, 1.54) is 5.56 Å². The SMILES string of the molecule is CCOC(=O)c1nc(NC[C@H](C)c2ccccc2)c2c(-c3ccc(Cl)cc3)noc2n1. The summed E-state index contributed by atoms with van der Waals surface area (Å²) in [6.07, 6.45) is 0. The Kier molecular flexibility index (Phi) is 6.13. The Morgan fingerprint density at radius 3 is 2.58 bits per heavy atom. The van der Waals surface area contributed by atoms with Crippen LogP contribution in [0.2, 0.25) is 5.02 Å². The van der Waals surface area contributed by atoms with Gasteiger partial charge < -0.3 is 14.6 Å². The highest BCUT2D eigenvalue weighted by Crippen LogP contribution is 2.33. The number of esters is 1.